The molecule has 0 N–H and O–H groups in total. The van der Waals surface area contributed by atoms with Crippen LogP contribution in [0.25, 0.3) is 0 Å². The fraction of sp³-hybridized carbons (Fsp3) is 0.188. The molecule has 0 saturated carbocycles. The molecular formula is C16H16N2O4S. The Kier molecular flexibility index (Phi) is 5.99. The van der Waals surface area contributed by atoms with Crippen LogP contribution in [0.1, 0.15) is 12.5 Å². The molecule has 2 aromatic carbocycles. The topological polar surface area (TPSA) is 72.7 Å². The zero-order chi connectivity index (χ0) is 16.7. The molecule has 0 aliphatic heterocycles. The summed E-state index contributed by atoms with van der Waals surface area (Å²) in [5.41, 5.74) is 1.38. The first-order valence-electron chi connectivity index (χ1n) is 7.00. The lowest BCUT2D eigenvalue weighted by atomic mass is 10.2. The van der Waals surface area contributed by atoms with Gasteiger partial charge in [-0.25, -0.2) is 9.10 Å². The smallest absolute Gasteiger partial charge is 0.424 e. The molecule has 0 unspecified atom stereocenters. The van der Waals surface area contributed by atoms with Crippen molar-refractivity contribution in [1.82, 2.24) is 0 Å². The van der Waals surface area contributed by atoms with E-state index >= 15 is 0 Å². The van der Waals surface area contributed by atoms with E-state index in [0.29, 0.717) is 11.4 Å². The Bertz CT molecular complexity index is 679. The van der Waals surface area contributed by atoms with Crippen molar-refractivity contribution in [1.29, 1.82) is 0 Å². The van der Waals surface area contributed by atoms with E-state index in [2.05, 4.69) is 0 Å². The Balaban J connectivity index is 2.21. The average Bonchev–Trinajstić information content (AvgIpc) is 2.56. The van der Waals surface area contributed by atoms with Gasteiger partial charge < -0.3 is 4.74 Å². The summed E-state index contributed by atoms with van der Waals surface area (Å²) in [4.78, 5) is 22.6. The second-order valence-corrected chi connectivity index (χ2v) is 5.44. The molecule has 0 bridgehead atoms. The molecule has 0 aliphatic carbocycles. The third kappa shape index (κ3) is 4.72. The molecule has 2 rings (SSSR count). The molecule has 0 radical (unpaired) electrons. The fourth-order valence-corrected chi connectivity index (χ4v) is 2.75. The van der Waals surface area contributed by atoms with E-state index in [0.717, 1.165) is 5.56 Å². The maximum Gasteiger partial charge on any atom is 0.424 e. The van der Waals surface area contributed by atoms with Crippen molar-refractivity contribution >= 4 is 29.4 Å². The minimum Gasteiger partial charge on any atom is -0.449 e. The van der Waals surface area contributed by atoms with Gasteiger partial charge in [-0.15, -0.1) is 0 Å². The SMILES string of the molecule is CCOC(=O)N(SCc1ccccc1)c1cccc([N+](=O)[O-])c1. The molecule has 23 heavy (non-hydrogen) atoms. The van der Waals surface area contributed by atoms with Crippen LogP contribution in [0.5, 0.6) is 0 Å². The molecule has 0 fully saturated rings. The largest absolute Gasteiger partial charge is 0.449 e. The third-order valence-corrected chi connectivity index (χ3v) is 3.99. The Morgan fingerprint density at radius 3 is 2.61 bits per heavy atom. The van der Waals surface area contributed by atoms with Crippen LogP contribution >= 0.6 is 11.9 Å². The predicted molar refractivity (Wildman–Crippen MR) is 90.3 cm³/mol. The molecular weight excluding hydrogens is 316 g/mol. The van der Waals surface area contributed by atoms with Gasteiger partial charge in [0, 0.05) is 17.9 Å². The average molecular weight is 332 g/mol. The number of nitro groups is 1. The highest BCUT2D eigenvalue weighted by molar-refractivity contribution is 8.00. The molecule has 1 amide bonds. The number of hydrogen-bond donors (Lipinski definition) is 0. The summed E-state index contributed by atoms with van der Waals surface area (Å²) in [5.74, 6) is 0.544. The monoisotopic (exact) mass is 332 g/mol. The maximum atomic E-state index is 12.2. The first-order chi connectivity index (χ1) is 11.1. The lowest BCUT2D eigenvalue weighted by Crippen LogP contribution is -2.25. The Morgan fingerprint density at radius 2 is 1.96 bits per heavy atom. The number of non-ortho nitro benzene ring substituents is 1. The van der Waals surface area contributed by atoms with Crippen LogP contribution in [0.3, 0.4) is 0 Å². The van der Waals surface area contributed by atoms with Crippen LogP contribution < -0.4 is 4.31 Å². The zero-order valence-electron chi connectivity index (χ0n) is 12.5. The van der Waals surface area contributed by atoms with Gasteiger partial charge >= 0.3 is 6.09 Å². The molecule has 0 heterocycles. The van der Waals surface area contributed by atoms with Crippen LogP contribution in [0.4, 0.5) is 16.2 Å². The summed E-state index contributed by atoms with van der Waals surface area (Å²) in [6.07, 6.45) is -0.547. The van der Waals surface area contributed by atoms with Crippen LogP contribution in [-0.2, 0) is 10.5 Å². The highest BCUT2D eigenvalue weighted by atomic mass is 32.2. The number of nitro benzene ring substituents is 1. The van der Waals surface area contributed by atoms with E-state index in [-0.39, 0.29) is 12.3 Å². The normalized spacial score (nSPS) is 10.1. The summed E-state index contributed by atoms with van der Waals surface area (Å²) in [6, 6.07) is 15.6. The standard InChI is InChI=1S/C16H16N2O4S/c1-2-22-16(19)17(23-12-13-7-4-3-5-8-13)14-9-6-10-15(11-14)18(20)21/h3-11H,2,12H2,1H3. The minimum absolute atomic E-state index is 0.0721. The van der Waals surface area contributed by atoms with Gasteiger partial charge in [-0.2, -0.15) is 0 Å². The minimum atomic E-state index is -0.547. The van der Waals surface area contributed by atoms with Crippen molar-refractivity contribution in [2.45, 2.75) is 12.7 Å². The summed E-state index contributed by atoms with van der Waals surface area (Å²) in [5, 5.41) is 10.9. The zero-order valence-corrected chi connectivity index (χ0v) is 13.4. The number of carbonyl (C=O) groups is 1. The Hall–Kier alpha value is -2.54. The lowest BCUT2D eigenvalue weighted by Gasteiger charge is -2.20. The molecule has 0 spiro atoms. The third-order valence-electron chi connectivity index (χ3n) is 2.91. The van der Waals surface area contributed by atoms with E-state index in [9.17, 15) is 14.9 Å². The van der Waals surface area contributed by atoms with Crippen molar-refractivity contribution in [2.24, 2.45) is 0 Å². The number of nitrogens with zero attached hydrogens (tertiary/aromatic N) is 2. The van der Waals surface area contributed by atoms with Crippen LogP contribution in [0.15, 0.2) is 54.6 Å². The quantitative estimate of drug-likeness (QED) is 0.445. The van der Waals surface area contributed by atoms with Crippen molar-refractivity contribution in [3.05, 3.63) is 70.3 Å². The molecule has 0 atom stereocenters. The van der Waals surface area contributed by atoms with E-state index in [1.807, 2.05) is 30.3 Å². The van der Waals surface area contributed by atoms with E-state index < -0.39 is 11.0 Å². The number of hydrogen-bond acceptors (Lipinski definition) is 5. The van der Waals surface area contributed by atoms with Gasteiger partial charge in [0.15, 0.2) is 0 Å². The van der Waals surface area contributed by atoms with Gasteiger partial charge in [-0.1, -0.05) is 36.4 Å². The Morgan fingerprint density at radius 1 is 1.22 bits per heavy atom. The number of ether oxygens (including phenoxy) is 1. The van der Waals surface area contributed by atoms with Crippen LogP contribution in [0.2, 0.25) is 0 Å². The van der Waals surface area contributed by atoms with E-state index in [4.69, 9.17) is 4.74 Å². The molecule has 6 nitrogen and oxygen atoms in total. The van der Waals surface area contributed by atoms with Gasteiger partial charge in [-0.05, 0) is 30.5 Å². The number of anilines is 1. The predicted octanol–water partition coefficient (Wildman–Crippen LogP) is 4.41. The molecule has 120 valence electrons. The molecule has 0 saturated heterocycles. The molecule has 0 aliphatic rings. The summed E-state index contributed by atoms with van der Waals surface area (Å²) < 4.78 is 6.38. The number of amides is 1. The van der Waals surface area contributed by atoms with Crippen molar-refractivity contribution in [2.75, 3.05) is 10.9 Å². The first kappa shape index (κ1) is 16.8. The lowest BCUT2D eigenvalue weighted by molar-refractivity contribution is -0.384. The van der Waals surface area contributed by atoms with E-state index in [1.165, 1.54) is 28.4 Å². The van der Waals surface area contributed by atoms with Gasteiger partial charge in [0.2, 0.25) is 0 Å². The Labute approximate surface area is 138 Å². The van der Waals surface area contributed by atoms with Gasteiger partial charge in [0.25, 0.3) is 5.69 Å². The van der Waals surface area contributed by atoms with Crippen molar-refractivity contribution in [3.8, 4) is 0 Å². The molecule has 0 aromatic heterocycles. The second kappa shape index (κ2) is 8.19. The van der Waals surface area contributed by atoms with Crippen molar-refractivity contribution < 1.29 is 14.5 Å². The van der Waals surface area contributed by atoms with Gasteiger partial charge in [0.05, 0.1) is 17.2 Å². The first-order valence-corrected chi connectivity index (χ1v) is 7.94. The number of benzene rings is 2. The highest BCUT2D eigenvalue weighted by Gasteiger charge is 2.20. The second-order valence-electron chi connectivity index (χ2n) is 4.53. The maximum absolute atomic E-state index is 12.2. The molecule has 2 aromatic rings. The van der Waals surface area contributed by atoms with Crippen molar-refractivity contribution in [3.63, 3.8) is 0 Å². The van der Waals surface area contributed by atoms with E-state index in [1.54, 1.807) is 19.1 Å². The number of carbonyl (C=O) groups excluding carboxylic acids is 1. The van der Waals surface area contributed by atoms with Crippen LogP contribution in [0, 0.1) is 10.1 Å². The summed E-state index contributed by atoms with van der Waals surface area (Å²) in [7, 11) is 0. The fourth-order valence-electron chi connectivity index (χ4n) is 1.86. The van der Waals surface area contributed by atoms with Gasteiger partial charge in [-0.3, -0.25) is 10.1 Å². The molecule has 7 heteroatoms. The summed E-state index contributed by atoms with van der Waals surface area (Å²) in [6.45, 7) is 1.95. The van der Waals surface area contributed by atoms with Crippen LogP contribution in [-0.4, -0.2) is 17.6 Å². The number of rotatable bonds is 6. The highest BCUT2D eigenvalue weighted by Crippen LogP contribution is 2.29. The summed E-state index contributed by atoms with van der Waals surface area (Å²) >= 11 is 1.23. The van der Waals surface area contributed by atoms with Gasteiger partial charge in [0.1, 0.15) is 0 Å².